The number of primary amides is 1. The van der Waals surface area contributed by atoms with Gasteiger partial charge in [-0.25, -0.2) is 4.98 Å². The minimum absolute atomic E-state index is 0.391. The molecule has 1 aliphatic carbocycles. The van der Waals surface area contributed by atoms with Crippen molar-refractivity contribution >= 4 is 11.7 Å². The number of nitrogens with one attached hydrogen (secondary N) is 2. The molecule has 1 unspecified atom stereocenters. The van der Waals surface area contributed by atoms with Crippen LogP contribution in [0.2, 0.25) is 0 Å². The minimum Gasteiger partial charge on any atom is -0.369 e. The molecule has 2 aliphatic rings. The smallest absolute Gasteiger partial charge is 0.252 e. The largest absolute Gasteiger partial charge is 0.369 e. The van der Waals surface area contributed by atoms with Crippen LogP contribution in [-0.4, -0.2) is 30.0 Å². The third-order valence-corrected chi connectivity index (χ3v) is 4.51. The van der Waals surface area contributed by atoms with E-state index in [1.807, 2.05) is 6.07 Å². The Hall–Kier alpha value is -1.62. The fourth-order valence-corrected chi connectivity index (χ4v) is 3.32. The number of hydrogen-bond donors (Lipinski definition) is 3. The molecule has 1 saturated heterocycles. The van der Waals surface area contributed by atoms with E-state index in [1.165, 1.54) is 31.2 Å². The number of fused-ring (bicyclic) bond motifs is 1. The van der Waals surface area contributed by atoms with Gasteiger partial charge >= 0.3 is 0 Å². The minimum atomic E-state index is -0.391. The Morgan fingerprint density at radius 1 is 1.38 bits per heavy atom. The van der Waals surface area contributed by atoms with Crippen molar-refractivity contribution in [1.29, 1.82) is 0 Å². The molecule has 0 aromatic carbocycles. The standard InChI is InChI=1S/C16H24N4O/c17-15(21)13-10-11-4-1-2-6-14(11)20-16(13)19-9-7-12-5-3-8-18-12/h10,12,18H,1-9H2,(H2,17,21)(H,19,20). The molecule has 0 saturated carbocycles. The van der Waals surface area contributed by atoms with Gasteiger partial charge in [-0.2, -0.15) is 0 Å². The Morgan fingerprint density at radius 2 is 2.24 bits per heavy atom. The summed E-state index contributed by atoms with van der Waals surface area (Å²) in [6.07, 6.45) is 7.92. The molecule has 5 heteroatoms. The van der Waals surface area contributed by atoms with E-state index in [9.17, 15) is 4.79 Å². The summed E-state index contributed by atoms with van der Waals surface area (Å²) in [6, 6.07) is 2.53. The highest BCUT2D eigenvalue weighted by molar-refractivity contribution is 5.97. The summed E-state index contributed by atoms with van der Waals surface area (Å²) in [5.74, 6) is 0.276. The summed E-state index contributed by atoms with van der Waals surface area (Å²) in [5, 5.41) is 6.80. The van der Waals surface area contributed by atoms with Crippen LogP contribution >= 0.6 is 0 Å². The molecule has 1 aliphatic heterocycles. The van der Waals surface area contributed by atoms with E-state index in [4.69, 9.17) is 5.73 Å². The summed E-state index contributed by atoms with van der Waals surface area (Å²) < 4.78 is 0. The van der Waals surface area contributed by atoms with Crippen LogP contribution in [0.5, 0.6) is 0 Å². The van der Waals surface area contributed by atoms with Gasteiger partial charge in [0.15, 0.2) is 0 Å². The Bertz CT molecular complexity index is 523. The molecule has 0 radical (unpaired) electrons. The molecule has 1 fully saturated rings. The predicted molar refractivity (Wildman–Crippen MR) is 83.5 cm³/mol. The van der Waals surface area contributed by atoms with E-state index in [0.29, 0.717) is 17.4 Å². The summed E-state index contributed by atoms with van der Waals surface area (Å²) in [7, 11) is 0. The number of pyridine rings is 1. The number of aryl methyl sites for hydroxylation is 2. The highest BCUT2D eigenvalue weighted by Crippen LogP contribution is 2.24. The first-order valence-electron chi connectivity index (χ1n) is 8.04. The van der Waals surface area contributed by atoms with E-state index >= 15 is 0 Å². The van der Waals surface area contributed by atoms with Crippen LogP contribution in [0.1, 0.15) is 53.7 Å². The first-order valence-corrected chi connectivity index (χ1v) is 8.04. The lowest BCUT2D eigenvalue weighted by molar-refractivity contribution is 0.100. The van der Waals surface area contributed by atoms with Crippen molar-refractivity contribution in [1.82, 2.24) is 10.3 Å². The first-order chi connectivity index (χ1) is 10.2. The Kier molecular flexibility index (Phi) is 4.39. The summed E-state index contributed by atoms with van der Waals surface area (Å²) in [6.45, 7) is 1.94. The summed E-state index contributed by atoms with van der Waals surface area (Å²) in [4.78, 5) is 16.3. The first kappa shape index (κ1) is 14.3. The van der Waals surface area contributed by atoms with Gasteiger partial charge in [0, 0.05) is 18.3 Å². The average molecular weight is 288 g/mol. The number of nitrogens with zero attached hydrogens (tertiary/aromatic N) is 1. The molecule has 21 heavy (non-hydrogen) atoms. The maximum absolute atomic E-state index is 11.7. The highest BCUT2D eigenvalue weighted by atomic mass is 16.1. The quantitative estimate of drug-likeness (QED) is 0.769. The topological polar surface area (TPSA) is 80.0 Å². The predicted octanol–water partition coefficient (Wildman–Crippen LogP) is 1.61. The maximum atomic E-state index is 11.7. The van der Waals surface area contributed by atoms with Crippen LogP contribution in [0.25, 0.3) is 0 Å². The van der Waals surface area contributed by atoms with Gasteiger partial charge in [0.25, 0.3) is 5.91 Å². The lowest BCUT2D eigenvalue weighted by Crippen LogP contribution is -2.25. The molecule has 0 bridgehead atoms. The fraction of sp³-hybridized carbons (Fsp3) is 0.625. The monoisotopic (exact) mass is 288 g/mol. The van der Waals surface area contributed by atoms with Crippen LogP contribution in [0, 0.1) is 0 Å². The van der Waals surface area contributed by atoms with Gasteiger partial charge < -0.3 is 16.4 Å². The average Bonchev–Trinajstić information content (AvgIpc) is 2.99. The lowest BCUT2D eigenvalue weighted by Gasteiger charge is -2.19. The third-order valence-electron chi connectivity index (χ3n) is 4.51. The van der Waals surface area contributed by atoms with Gasteiger partial charge in [-0.05, 0) is 63.1 Å². The van der Waals surface area contributed by atoms with Crippen LogP contribution in [0.4, 0.5) is 5.82 Å². The molecule has 0 spiro atoms. The maximum Gasteiger partial charge on any atom is 0.252 e. The number of rotatable bonds is 5. The number of anilines is 1. The number of hydrogen-bond acceptors (Lipinski definition) is 4. The van der Waals surface area contributed by atoms with Crippen LogP contribution in [-0.2, 0) is 12.8 Å². The van der Waals surface area contributed by atoms with Crippen molar-refractivity contribution in [2.75, 3.05) is 18.4 Å². The van der Waals surface area contributed by atoms with Gasteiger partial charge in [0.05, 0.1) is 5.56 Å². The third kappa shape index (κ3) is 3.35. The Balaban J connectivity index is 1.71. The second-order valence-electron chi connectivity index (χ2n) is 6.07. The summed E-state index contributed by atoms with van der Waals surface area (Å²) in [5.41, 5.74) is 8.37. The second-order valence-corrected chi connectivity index (χ2v) is 6.07. The number of nitrogens with two attached hydrogens (primary N) is 1. The van der Waals surface area contributed by atoms with Gasteiger partial charge in [-0.3, -0.25) is 4.79 Å². The van der Waals surface area contributed by atoms with Gasteiger partial charge in [-0.15, -0.1) is 0 Å². The molecular formula is C16H24N4O. The summed E-state index contributed by atoms with van der Waals surface area (Å²) >= 11 is 0. The van der Waals surface area contributed by atoms with E-state index in [0.717, 1.165) is 38.0 Å². The van der Waals surface area contributed by atoms with E-state index < -0.39 is 5.91 Å². The zero-order valence-corrected chi connectivity index (χ0v) is 12.5. The molecule has 114 valence electrons. The van der Waals surface area contributed by atoms with Gasteiger partial charge in [0.2, 0.25) is 0 Å². The van der Waals surface area contributed by atoms with Crippen molar-refractivity contribution in [3.63, 3.8) is 0 Å². The van der Waals surface area contributed by atoms with Crippen molar-refractivity contribution in [2.24, 2.45) is 5.73 Å². The van der Waals surface area contributed by atoms with E-state index in [1.54, 1.807) is 0 Å². The molecule has 1 aromatic heterocycles. The number of carbonyl (C=O) groups is 1. The lowest BCUT2D eigenvalue weighted by atomic mass is 9.94. The molecular weight excluding hydrogens is 264 g/mol. The van der Waals surface area contributed by atoms with Crippen molar-refractivity contribution in [2.45, 2.75) is 51.0 Å². The Labute approximate surface area is 125 Å². The molecule has 1 atom stereocenters. The zero-order chi connectivity index (χ0) is 14.7. The van der Waals surface area contributed by atoms with E-state index in [-0.39, 0.29) is 0 Å². The van der Waals surface area contributed by atoms with Crippen molar-refractivity contribution in [3.05, 3.63) is 22.9 Å². The van der Waals surface area contributed by atoms with Crippen LogP contribution in [0.15, 0.2) is 6.07 Å². The van der Waals surface area contributed by atoms with Gasteiger partial charge in [-0.1, -0.05) is 0 Å². The molecule has 1 amide bonds. The number of carbonyl (C=O) groups excluding carboxylic acids is 1. The van der Waals surface area contributed by atoms with E-state index in [2.05, 4.69) is 15.6 Å². The Morgan fingerprint density at radius 3 is 3.00 bits per heavy atom. The fourth-order valence-electron chi connectivity index (χ4n) is 3.32. The molecule has 3 rings (SSSR count). The van der Waals surface area contributed by atoms with Crippen LogP contribution in [0.3, 0.4) is 0 Å². The normalized spacial score (nSPS) is 21.0. The molecule has 4 N–H and O–H groups in total. The zero-order valence-electron chi connectivity index (χ0n) is 12.5. The second kappa shape index (κ2) is 6.43. The molecule has 1 aromatic rings. The number of aromatic nitrogens is 1. The van der Waals surface area contributed by atoms with Gasteiger partial charge in [0.1, 0.15) is 5.82 Å². The highest BCUT2D eigenvalue weighted by Gasteiger charge is 2.18. The molecule has 5 nitrogen and oxygen atoms in total. The van der Waals surface area contributed by atoms with Crippen molar-refractivity contribution in [3.8, 4) is 0 Å². The molecule has 2 heterocycles. The van der Waals surface area contributed by atoms with Crippen LogP contribution < -0.4 is 16.4 Å². The van der Waals surface area contributed by atoms with Crippen molar-refractivity contribution < 1.29 is 4.79 Å². The SMILES string of the molecule is NC(=O)c1cc2c(nc1NCCC1CCCN1)CCCC2. The number of amides is 1.